The molecular formula is C23H22O10. The molecule has 2 aromatic carbocycles. The summed E-state index contributed by atoms with van der Waals surface area (Å²) in [6, 6.07) is 6.47. The molecule has 10 nitrogen and oxygen atoms in total. The van der Waals surface area contributed by atoms with Crippen LogP contribution in [0.15, 0.2) is 30.3 Å². The fraction of sp³-hybridized carbons (Fsp3) is 0.304. The zero-order valence-corrected chi connectivity index (χ0v) is 18.3. The van der Waals surface area contributed by atoms with E-state index in [2.05, 4.69) is 0 Å². The second kappa shape index (κ2) is 9.19. The largest absolute Gasteiger partial charge is 0.504 e. The van der Waals surface area contributed by atoms with Crippen LogP contribution in [0, 0.1) is 0 Å². The smallest absolute Gasteiger partial charge is 0.308 e. The molecule has 0 aromatic heterocycles. The minimum Gasteiger partial charge on any atom is -0.504 e. The SMILES string of the molecule is CC(=O)Oc1cc(OC(C)=O)c2c(c1)O[C@H](c1ccc(O)c(O)c1)[C@@H](OC(C)=O)C2C(C)=O. The molecule has 1 aliphatic rings. The summed E-state index contributed by atoms with van der Waals surface area (Å²) >= 11 is 0. The maximum Gasteiger partial charge on any atom is 0.308 e. The number of ketones is 1. The van der Waals surface area contributed by atoms with Crippen molar-refractivity contribution in [1.82, 2.24) is 0 Å². The van der Waals surface area contributed by atoms with Gasteiger partial charge in [0, 0.05) is 38.5 Å². The molecule has 1 aliphatic heterocycles. The summed E-state index contributed by atoms with van der Waals surface area (Å²) in [5, 5.41) is 19.6. The second-order valence-electron chi connectivity index (χ2n) is 7.47. The Hall–Kier alpha value is -4.08. The molecule has 2 aromatic rings. The molecule has 1 unspecified atom stereocenters. The molecule has 0 saturated heterocycles. The first-order valence-electron chi connectivity index (χ1n) is 9.89. The van der Waals surface area contributed by atoms with Crippen LogP contribution in [0.2, 0.25) is 0 Å². The van der Waals surface area contributed by atoms with E-state index in [4.69, 9.17) is 18.9 Å². The zero-order valence-electron chi connectivity index (χ0n) is 18.3. The zero-order chi connectivity index (χ0) is 24.4. The molecule has 10 heteroatoms. The molecule has 0 fully saturated rings. The third kappa shape index (κ3) is 5.05. The van der Waals surface area contributed by atoms with Gasteiger partial charge in [-0.15, -0.1) is 0 Å². The number of phenols is 2. The predicted molar refractivity (Wildman–Crippen MR) is 111 cm³/mol. The van der Waals surface area contributed by atoms with Gasteiger partial charge < -0.3 is 29.2 Å². The van der Waals surface area contributed by atoms with Crippen LogP contribution in [0.25, 0.3) is 0 Å². The van der Waals surface area contributed by atoms with Gasteiger partial charge in [-0.3, -0.25) is 19.2 Å². The molecule has 0 aliphatic carbocycles. The molecule has 33 heavy (non-hydrogen) atoms. The second-order valence-corrected chi connectivity index (χ2v) is 7.47. The molecule has 3 atom stereocenters. The summed E-state index contributed by atoms with van der Waals surface area (Å²) in [7, 11) is 0. The molecule has 3 rings (SSSR count). The number of esters is 3. The highest BCUT2D eigenvalue weighted by Gasteiger charge is 2.46. The first-order valence-corrected chi connectivity index (χ1v) is 9.89. The Labute approximate surface area is 188 Å². The average molecular weight is 458 g/mol. The van der Waals surface area contributed by atoms with Crippen molar-refractivity contribution < 1.29 is 48.3 Å². The van der Waals surface area contributed by atoms with Gasteiger partial charge in [-0.2, -0.15) is 0 Å². The number of hydrogen-bond donors (Lipinski definition) is 2. The average Bonchev–Trinajstić information content (AvgIpc) is 2.68. The van der Waals surface area contributed by atoms with Crippen LogP contribution in [-0.4, -0.2) is 40.0 Å². The summed E-state index contributed by atoms with van der Waals surface area (Å²) in [6.07, 6.45) is -2.30. The van der Waals surface area contributed by atoms with E-state index in [0.29, 0.717) is 5.56 Å². The number of phenolic OH excluding ortho intramolecular Hbond substituents is 2. The molecule has 0 amide bonds. The topological polar surface area (TPSA) is 146 Å². The van der Waals surface area contributed by atoms with Crippen molar-refractivity contribution >= 4 is 23.7 Å². The van der Waals surface area contributed by atoms with E-state index < -0.39 is 47.6 Å². The number of hydrogen-bond acceptors (Lipinski definition) is 10. The van der Waals surface area contributed by atoms with E-state index in [0.717, 1.165) is 13.8 Å². The number of rotatable bonds is 5. The van der Waals surface area contributed by atoms with Crippen LogP contribution in [0.4, 0.5) is 0 Å². The highest BCUT2D eigenvalue weighted by Crippen LogP contribution is 2.50. The normalized spacial score (nSPS) is 19.0. The number of carbonyl (C=O) groups excluding carboxylic acids is 4. The van der Waals surface area contributed by atoms with Gasteiger partial charge in [-0.25, -0.2) is 0 Å². The number of aromatic hydroxyl groups is 2. The van der Waals surface area contributed by atoms with Gasteiger partial charge in [-0.05, 0) is 19.1 Å². The molecule has 0 spiro atoms. The van der Waals surface area contributed by atoms with Crippen molar-refractivity contribution in [3.8, 4) is 28.7 Å². The Morgan fingerprint density at radius 3 is 2.06 bits per heavy atom. The van der Waals surface area contributed by atoms with Gasteiger partial charge in [0.25, 0.3) is 0 Å². The predicted octanol–water partition coefficient (Wildman–Crippen LogP) is 2.69. The van der Waals surface area contributed by atoms with Gasteiger partial charge in [0.2, 0.25) is 0 Å². The van der Waals surface area contributed by atoms with Crippen molar-refractivity contribution in [3.05, 3.63) is 41.5 Å². The lowest BCUT2D eigenvalue weighted by molar-refractivity contribution is -0.156. The summed E-state index contributed by atoms with van der Waals surface area (Å²) in [5.41, 5.74) is 0.430. The van der Waals surface area contributed by atoms with Crippen LogP contribution >= 0.6 is 0 Å². The highest BCUT2D eigenvalue weighted by atomic mass is 16.6. The minimum absolute atomic E-state index is 0.00181. The standard InChI is InChI=1S/C23H22O10/c1-10(24)20-21-18(31-12(3)26)8-15(30-11(2)25)9-19(21)33-22(23(20)32-13(4)27)14-5-6-16(28)17(29)7-14/h5-9,20,22-23,28-29H,1-4H3/t20?,22-,23+/m1/s1. The Morgan fingerprint density at radius 2 is 1.52 bits per heavy atom. The van der Waals surface area contributed by atoms with Crippen LogP contribution in [-0.2, 0) is 23.9 Å². The van der Waals surface area contributed by atoms with Crippen LogP contribution in [0.3, 0.4) is 0 Å². The lowest BCUT2D eigenvalue weighted by Crippen LogP contribution is -2.41. The third-order valence-electron chi connectivity index (χ3n) is 4.85. The molecule has 0 bridgehead atoms. The Morgan fingerprint density at radius 1 is 0.848 bits per heavy atom. The number of Topliss-reactive ketones (excluding diaryl/α,β-unsaturated/α-hetero) is 1. The van der Waals surface area contributed by atoms with E-state index in [-0.39, 0.29) is 28.6 Å². The first kappa shape index (κ1) is 23.6. The summed E-state index contributed by atoms with van der Waals surface area (Å²) in [5.74, 6) is -4.46. The highest BCUT2D eigenvalue weighted by molar-refractivity contribution is 5.88. The van der Waals surface area contributed by atoms with Crippen molar-refractivity contribution in [3.63, 3.8) is 0 Å². The van der Waals surface area contributed by atoms with Gasteiger partial charge in [0.15, 0.2) is 23.7 Å². The van der Waals surface area contributed by atoms with Crippen molar-refractivity contribution in [2.45, 2.75) is 45.8 Å². The fourth-order valence-corrected chi connectivity index (χ4v) is 3.72. The quantitative estimate of drug-likeness (QED) is 0.389. The third-order valence-corrected chi connectivity index (χ3v) is 4.85. The van der Waals surface area contributed by atoms with Gasteiger partial charge in [0.1, 0.15) is 23.0 Å². The molecule has 0 saturated carbocycles. The summed E-state index contributed by atoms with van der Waals surface area (Å²) in [4.78, 5) is 47.9. The summed E-state index contributed by atoms with van der Waals surface area (Å²) < 4.78 is 21.9. The van der Waals surface area contributed by atoms with E-state index in [1.807, 2.05) is 0 Å². The van der Waals surface area contributed by atoms with Crippen molar-refractivity contribution in [1.29, 1.82) is 0 Å². The van der Waals surface area contributed by atoms with Crippen LogP contribution in [0.5, 0.6) is 28.7 Å². The van der Waals surface area contributed by atoms with E-state index in [9.17, 15) is 29.4 Å². The Bertz CT molecular complexity index is 1140. The van der Waals surface area contributed by atoms with Crippen molar-refractivity contribution in [2.75, 3.05) is 0 Å². The monoisotopic (exact) mass is 458 g/mol. The lowest BCUT2D eigenvalue weighted by Gasteiger charge is -2.38. The molecule has 174 valence electrons. The molecule has 1 heterocycles. The first-order chi connectivity index (χ1) is 15.5. The van der Waals surface area contributed by atoms with Gasteiger partial charge >= 0.3 is 17.9 Å². The Kier molecular flexibility index (Phi) is 6.57. The number of ether oxygens (including phenoxy) is 4. The maximum absolute atomic E-state index is 12.8. The van der Waals surface area contributed by atoms with E-state index in [1.165, 1.54) is 44.2 Å². The molecule has 2 N–H and O–H groups in total. The number of fused-ring (bicyclic) bond motifs is 1. The number of carbonyl (C=O) groups is 4. The summed E-state index contributed by atoms with van der Waals surface area (Å²) in [6.45, 7) is 4.78. The van der Waals surface area contributed by atoms with Gasteiger partial charge in [-0.1, -0.05) is 6.07 Å². The minimum atomic E-state index is -1.20. The Balaban J connectivity index is 2.26. The van der Waals surface area contributed by atoms with E-state index >= 15 is 0 Å². The number of benzene rings is 2. The lowest BCUT2D eigenvalue weighted by atomic mass is 9.81. The fourth-order valence-electron chi connectivity index (χ4n) is 3.72. The van der Waals surface area contributed by atoms with Gasteiger partial charge in [0.05, 0.1) is 11.5 Å². The van der Waals surface area contributed by atoms with Crippen LogP contribution < -0.4 is 14.2 Å². The maximum atomic E-state index is 12.8. The van der Waals surface area contributed by atoms with Crippen LogP contribution in [0.1, 0.15) is 50.8 Å². The molecule has 0 radical (unpaired) electrons. The van der Waals surface area contributed by atoms with Crippen molar-refractivity contribution in [2.24, 2.45) is 0 Å². The van der Waals surface area contributed by atoms with E-state index in [1.54, 1.807) is 0 Å². The molecular weight excluding hydrogens is 436 g/mol.